The van der Waals surface area contributed by atoms with Gasteiger partial charge in [-0.2, -0.15) is 4.31 Å². The van der Waals surface area contributed by atoms with Crippen molar-refractivity contribution in [3.05, 3.63) is 48.5 Å². The number of phenolic OH excluding ortho intramolecular Hbond substituents is 1. The van der Waals surface area contributed by atoms with E-state index in [1.807, 2.05) is 12.1 Å². The molecule has 2 aromatic rings. The molecule has 31 heavy (non-hydrogen) atoms. The van der Waals surface area contributed by atoms with Gasteiger partial charge < -0.3 is 25.0 Å². The van der Waals surface area contributed by atoms with Crippen LogP contribution in [0.25, 0.3) is 0 Å². The van der Waals surface area contributed by atoms with E-state index in [0.717, 1.165) is 37.6 Å². The largest absolute Gasteiger partial charge is 0.508 e. The van der Waals surface area contributed by atoms with E-state index in [0.29, 0.717) is 31.4 Å². The highest BCUT2D eigenvalue weighted by Gasteiger charge is 2.26. The number of rotatable bonds is 4. The Morgan fingerprint density at radius 2 is 1.52 bits per heavy atom. The third kappa shape index (κ3) is 5.09. The molecule has 2 N–H and O–H groups in total. The highest BCUT2D eigenvalue weighted by molar-refractivity contribution is 7.89. The Morgan fingerprint density at radius 1 is 0.903 bits per heavy atom. The van der Waals surface area contributed by atoms with E-state index in [1.54, 1.807) is 36.4 Å². The van der Waals surface area contributed by atoms with Crippen LogP contribution in [0.5, 0.6) is 5.75 Å². The molecule has 0 aliphatic carbocycles. The summed E-state index contributed by atoms with van der Waals surface area (Å²) >= 11 is 5.56. The molecular weight excluding hydrogens is 436 g/mol. The van der Waals surface area contributed by atoms with Crippen LogP contribution in [0.15, 0.2) is 53.4 Å². The molecule has 2 saturated heterocycles. The van der Waals surface area contributed by atoms with Crippen LogP contribution >= 0.6 is 12.2 Å². The van der Waals surface area contributed by atoms with Crippen LogP contribution in [0.1, 0.15) is 0 Å². The second kappa shape index (κ2) is 9.39. The molecule has 0 aromatic heterocycles. The zero-order valence-corrected chi connectivity index (χ0v) is 18.7. The summed E-state index contributed by atoms with van der Waals surface area (Å²) in [7, 11) is -3.50. The lowest BCUT2D eigenvalue weighted by Gasteiger charge is -2.37. The second-order valence-electron chi connectivity index (χ2n) is 7.46. The summed E-state index contributed by atoms with van der Waals surface area (Å²) in [6, 6.07) is 13.9. The van der Waals surface area contributed by atoms with Crippen LogP contribution in [0.2, 0.25) is 0 Å². The summed E-state index contributed by atoms with van der Waals surface area (Å²) in [5.74, 6) is 0.261. The van der Waals surface area contributed by atoms with Gasteiger partial charge in [-0.05, 0) is 60.7 Å². The van der Waals surface area contributed by atoms with Crippen LogP contribution in [0.3, 0.4) is 0 Å². The molecule has 2 aliphatic rings. The van der Waals surface area contributed by atoms with E-state index in [9.17, 15) is 13.5 Å². The minimum absolute atomic E-state index is 0.261. The lowest BCUT2D eigenvalue weighted by atomic mass is 10.2. The second-order valence-corrected chi connectivity index (χ2v) is 9.79. The predicted octanol–water partition coefficient (Wildman–Crippen LogP) is 1.93. The van der Waals surface area contributed by atoms with Gasteiger partial charge in [0.2, 0.25) is 10.0 Å². The van der Waals surface area contributed by atoms with Crippen molar-refractivity contribution in [1.29, 1.82) is 0 Å². The van der Waals surface area contributed by atoms with Gasteiger partial charge in [0.05, 0.1) is 18.1 Å². The summed E-state index contributed by atoms with van der Waals surface area (Å²) in [4.78, 5) is 4.63. The summed E-state index contributed by atoms with van der Waals surface area (Å²) in [5.41, 5.74) is 1.83. The van der Waals surface area contributed by atoms with Crippen LogP contribution in [0.4, 0.5) is 11.4 Å². The summed E-state index contributed by atoms with van der Waals surface area (Å²) in [6.07, 6.45) is 0. The maximum absolute atomic E-state index is 12.7. The van der Waals surface area contributed by atoms with Crippen molar-refractivity contribution in [1.82, 2.24) is 9.21 Å². The Bertz CT molecular complexity index is 999. The fourth-order valence-corrected chi connectivity index (χ4v) is 5.39. The standard InChI is InChI=1S/C21H26N4O4S2/c26-19-5-3-18(4-6-19)23-9-11-24(12-10-23)21(30)22-17-1-7-20(8-2-17)31(27,28)25-13-15-29-16-14-25/h1-8,26H,9-16H2,(H,22,30). The van der Waals surface area contributed by atoms with Crippen LogP contribution in [-0.2, 0) is 14.8 Å². The molecule has 166 valence electrons. The number of benzene rings is 2. The zero-order valence-electron chi connectivity index (χ0n) is 17.1. The van der Waals surface area contributed by atoms with Crippen molar-refractivity contribution in [2.75, 3.05) is 62.7 Å². The van der Waals surface area contributed by atoms with Gasteiger partial charge >= 0.3 is 0 Å². The Hall–Kier alpha value is -2.40. The molecule has 0 unspecified atom stereocenters. The molecule has 0 radical (unpaired) electrons. The van der Waals surface area contributed by atoms with Crippen molar-refractivity contribution in [2.45, 2.75) is 4.90 Å². The summed E-state index contributed by atoms with van der Waals surface area (Å²) in [6.45, 7) is 4.80. The van der Waals surface area contributed by atoms with Gasteiger partial charge in [0.25, 0.3) is 0 Å². The van der Waals surface area contributed by atoms with Gasteiger partial charge in [0.1, 0.15) is 5.75 Å². The number of nitrogens with zero attached hydrogens (tertiary/aromatic N) is 3. The number of hydrogen-bond donors (Lipinski definition) is 2. The van der Waals surface area contributed by atoms with E-state index < -0.39 is 10.0 Å². The van der Waals surface area contributed by atoms with Crippen LogP contribution < -0.4 is 10.2 Å². The molecule has 2 heterocycles. The van der Waals surface area contributed by atoms with Gasteiger partial charge in [-0.3, -0.25) is 0 Å². The van der Waals surface area contributed by atoms with Gasteiger partial charge in [0.15, 0.2) is 5.11 Å². The van der Waals surface area contributed by atoms with Crippen LogP contribution in [-0.4, -0.2) is 80.3 Å². The number of ether oxygens (including phenoxy) is 1. The zero-order chi connectivity index (χ0) is 21.8. The average Bonchev–Trinajstić information content (AvgIpc) is 2.81. The highest BCUT2D eigenvalue weighted by Crippen LogP contribution is 2.22. The molecular formula is C21H26N4O4S2. The number of aromatic hydroxyl groups is 1. The molecule has 2 fully saturated rings. The maximum atomic E-state index is 12.7. The molecule has 0 spiro atoms. The SMILES string of the molecule is O=S(=O)(c1ccc(NC(=S)N2CCN(c3ccc(O)cc3)CC2)cc1)N1CCOCC1. The summed E-state index contributed by atoms with van der Waals surface area (Å²) in [5, 5.41) is 13.3. The fraction of sp³-hybridized carbons (Fsp3) is 0.381. The Morgan fingerprint density at radius 3 is 2.13 bits per heavy atom. The third-order valence-corrected chi connectivity index (χ3v) is 7.77. The quantitative estimate of drug-likeness (QED) is 0.667. The van der Waals surface area contributed by atoms with Gasteiger partial charge in [-0.25, -0.2) is 8.42 Å². The number of thiocarbonyl (C=S) groups is 1. The first-order valence-corrected chi connectivity index (χ1v) is 12.1. The predicted molar refractivity (Wildman–Crippen MR) is 124 cm³/mol. The van der Waals surface area contributed by atoms with Crippen molar-refractivity contribution in [2.24, 2.45) is 0 Å². The lowest BCUT2D eigenvalue weighted by molar-refractivity contribution is 0.0730. The first kappa shape index (κ1) is 21.8. The molecule has 8 nitrogen and oxygen atoms in total. The van der Waals surface area contributed by atoms with E-state index >= 15 is 0 Å². The van der Waals surface area contributed by atoms with Gasteiger partial charge in [0, 0.05) is 50.6 Å². The monoisotopic (exact) mass is 462 g/mol. The number of anilines is 2. The van der Waals surface area contributed by atoms with Gasteiger partial charge in [-0.15, -0.1) is 0 Å². The normalized spacial score (nSPS) is 18.1. The molecule has 2 aliphatic heterocycles. The number of phenols is 1. The molecule has 2 aromatic carbocycles. The minimum Gasteiger partial charge on any atom is -0.508 e. The van der Waals surface area contributed by atoms with Crippen molar-refractivity contribution < 1.29 is 18.3 Å². The summed E-state index contributed by atoms with van der Waals surface area (Å²) < 4.78 is 32.2. The number of sulfonamides is 1. The van der Waals surface area contributed by atoms with E-state index in [4.69, 9.17) is 17.0 Å². The van der Waals surface area contributed by atoms with Crippen molar-refractivity contribution >= 4 is 38.7 Å². The highest BCUT2D eigenvalue weighted by atomic mass is 32.2. The van der Waals surface area contributed by atoms with Gasteiger partial charge in [-0.1, -0.05) is 0 Å². The number of hydrogen-bond acceptors (Lipinski definition) is 6. The van der Waals surface area contributed by atoms with E-state index in [1.165, 1.54) is 4.31 Å². The van der Waals surface area contributed by atoms with Crippen LogP contribution in [0, 0.1) is 0 Å². The number of morpholine rings is 1. The smallest absolute Gasteiger partial charge is 0.243 e. The molecule has 0 bridgehead atoms. The average molecular weight is 463 g/mol. The third-order valence-electron chi connectivity index (χ3n) is 5.50. The van der Waals surface area contributed by atoms with E-state index in [2.05, 4.69) is 15.1 Å². The topological polar surface area (TPSA) is 85.4 Å². The number of piperazine rings is 1. The lowest BCUT2D eigenvalue weighted by Crippen LogP contribution is -2.50. The fourth-order valence-electron chi connectivity index (χ4n) is 3.68. The minimum atomic E-state index is -3.50. The Labute approximate surface area is 188 Å². The Balaban J connectivity index is 1.32. The first-order valence-electron chi connectivity index (χ1n) is 10.2. The number of nitrogens with one attached hydrogen (secondary N) is 1. The molecule has 10 heteroatoms. The maximum Gasteiger partial charge on any atom is 0.243 e. The molecule has 0 amide bonds. The first-order chi connectivity index (χ1) is 14.9. The van der Waals surface area contributed by atoms with Crippen molar-refractivity contribution in [3.63, 3.8) is 0 Å². The van der Waals surface area contributed by atoms with Crippen molar-refractivity contribution in [3.8, 4) is 5.75 Å². The molecule has 0 saturated carbocycles. The Kier molecular flexibility index (Phi) is 6.61. The van der Waals surface area contributed by atoms with E-state index in [-0.39, 0.29) is 10.6 Å². The molecule has 0 atom stereocenters. The molecule has 4 rings (SSSR count).